The molecule has 2 aliphatic rings. The quantitative estimate of drug-likeness (QED) is 0.805. The standard InChI is InChI=1S/C15H16N6O3/c22-12-2-1-11(18-19-12)15(23)21-7-10(8-21)14-17-13(20-24-14)9-3-5-16-6-4-9/h3-6,10-11,18H,1-2,7-8H2,(H,19,22). The average molecular weight is 328 g/mol. The Morgan fingerprint density at radius 3 is 2.79 bits per heavy atom. The van der Waals surface area contributed by atoms with Crippen LogP contribution in [0.1, 0.15) is 24.7 Å². The summed E-state index contributed by atoms with van der Waals surface area (Å²) in [6.45, 7) is 1.09. The summed E-state index contributed by atoms with van der Waals surface area (Å²) < 4.78 is 5.32. The van der Waals surface area contributed by atoms with Crippen LogP contribution in [0.2, 0.25) is 0 Å². The lowest BCUT2D eigenvalue weighted by Gasteiger charge is -2.39. The molecule has 2 saturated heterocycles. The second-order valence-corrected chi connectivity index (χ2v) is 5.92. The molecule has 1 atom stereocenters. The summed E-state index contributed by atoms with van der Waals surface area (Å²) in [5.74, 6) is 1.01. The van der Waals surface area contributed by atoms with E-state index in [9.17, 15) is 9.59 Å². The van der Waals surface area contributed by atoms with Crippen molar-refractivity contribution in [2.75, 3.05) is 13.1 Å². The van der Waals surface area contributed by atoms with E-state index >= 15 is 0 Å². The molecule has 0 spiro atoms. The predicted octanol–water partition coefficient (Wildman–Crippen LogP) is -0.159. The highest BCUT2D eigenvalue weighted by Gasteiger charge is 2.39. The zero-order chi connectivity index (χ0) is 16.5. The molecule has 124 valence electrons. The van der Waals surface area contributed by atoms with Gasteiger partial charge in [0.2, 0.25) is 23.5 Å². The molecule has 4 rings (SSSR count). The van der Waals surface area contributed by atoms with E-state index in [1.54, 1.807) is 17.3 Å². The van der Waals surface area contributed by atoms with Crippen molar-refractivity contribution in [3.63, 3.8) is 0 Å². The molecule has 1 unspecified atom stereocenters. The summed E-state index contributed by atoms with van der Waals surface area (Å²) in [5, 5.41) is 3.98. The van der Waals surface area contributed by atoms with Crippen molar-refractivity contribution in [2.24, 2.45) is 0 Å². The van der Waals surface area contributed by atoms with Crippen LogP contribution in [0.3, 0.4) is 0 Å². The number of aromatic nitrogens is 3. The van der Waals surface area contributed by atoms with E-state index in [-0.39, 0.29) is 23.8 Å². The summed E-state index contributed by atoms with van der Waals surface area (Å²) in [4.78, 5) is 33.5. The Bertz CT molecular complexity index is 746. The fraction of sp³-hybridized carbons (Fsp3) is 0.400. The number of hydrogen-bond acceptors (Lipinski definition) is 7. The van der Waals surface area contributed by atoms with Gasteiger partial charge < -0.3 is 9.42 Å². The van der Waals surface area contributed by atoms with Gasteiger partial charge in [0.05, 0.1) is 5.92 Å². The molecule has 0 radical (unpaired) electrons. The van der Waals surface area contributed by atoms with E-state index in [4.69, 9.17) is 4.52 Å². The molecule has 2 aliphatic heterocycles. The zero-order valence-electron chi connectivity index (χ0n) is 12.8. The summed E-state index contributed by atoms with van der Waals surface area (Å²) in [5.41, 5.74) is 6.09. The molecule has 4 heterocycles. The number of hydrazine groups is 1. The smallest absolute Gasteiger partial charge is 0.241 e. The predicted molar refractivity (Wildman–Crippen MR) is 81.2 cm³/mol. The number of carbonyl (C=O) groups is 2. The fourth-order valence-corrected chi connectivity index (χ4v) is 2.82. The highest BCUT2D eigenvalue weighted by Crippen LogP contribution is 2.28. The third-order valence-corrected chi connectivity index (χ3v) is 4.27. The molecule has 2 aromatic rings. The van der Waals surface area contributed by atoms with Gasteiger partial charge in [-0.1, -0.05) is 5.16 Å². The molecular formula is C15H16N6O3. The number of nitrogens with one attached hydrogen (secondary N) is 2. The minimum atomic E-state index is -0.362. The Morgan fingerprint density at radius 1 is 1.29 bits per heavy atom. The van der Waals surface area contributed by atoms with Crippen molar-refractivity contribution >= 4 is 11.8 Å². The number of likely N-dealkylation sites (tertiary alicyclic amines) is 1. The molecule has 9 heteroatoms. The van der Waals surface area contributed by atoms with Gasteiger partial charge in [0.1, 0.15) is 6.04 Å². The van der Waals surface area contributed by atoms with Crippen molar-refractivity contribution in [3.8, 4) is 11.4 Å². The molecule has 0 aliphatic carbocycles. The Balaban J connectivity index is 1.35. The van der Waals surface area contributed by atoms with Crippen LogP contribution in [0.15, 0.2) is 29.0 Å². The SMILES string of the molecule is O=C1CCC(C(=O)N2CC(c3nc(-c4ccncc4)no3)C2)NN1. The van der Waals surface area contributed by atoms with Crippen LogP contribution in [0.4, 0.5) is 0 Å². The summed E-state index contributed by atoms with van der Waals surface area (Å²) in [6, 6.07) is 3.27. The Labute approximate surface area is 137 Å². The lowest BCUT2D eigenvalue weighted by Crippen LogP contribution is -2.60. The maximum Gasteiger partial charge on any atom is 0.241 e. The van der Waals surface area contributed by atoms with Gasteiger partial charge in [-0.3, -0.25) is 20.0 Å². The second kappa shape index (κ2) is 6.00. The van der Waals surface area contributed by atoms with Crippen molar-refractivity contribution in [2.45, 2.75) is 24.8 Å². The van der Waals surface area contributed by atoms with E-state index in [0.29, 0.717) is 37.6 Å². The molecule has 2 fully saturated rings. The molecule has 0 aromatic carbocycles. The highest BCUT2D eigenvalue weighted by molar-refractivity contribution is 5.86. The average Bonchev–Trinajstić information content (AvgIpc) is 3.04. The van der Waals surface area contributed by atoms with E-state index in [1.807, 2.05) is 12.1 Å². The first kappa shape index (κ1) is 14.8. The van der Waals surface area contributed by atoms with Crippen LogP contribution in [0, 0.1) is 0 Å². The van der Waals surface area contributed by atoms with Crippen LogP contribution in [-0.2, 0) is 9.59 Å². The highest BCUT2D eigenvalue weighted by atomic mass is 16.5. The number of nitrogens with zero attached hydrogens (tertiary/aromatic N) is 4. The molecule has 2 N–H and O–H groups in total. The maximum absolute atomic E-state index is 12.3. The van der Waals surface area contributed by atoms with Crippen LogP contribution in [0.25, 0.3) is 11.4 Å². The molecule has 2 amide bonds. The molecule has 0 saturated carbocycles. The van der Waals surface area contributed by atoms with E-state index in [1.165, 1.54) is 0 Å². The lowest BCUT2D eigenvalue weighted by molar-refractivity contribution is -0.140. The molecule has 9 nitrogen and oxygen atoms in total. The van der Waals surface area contributed by atoms with Crippen molar-refractivity contribution < 1.29 is 14.1 Å². The van der Waals surface area contributed by atoms with Crippen molar-refractivity contribution in [1.29, 1.82) is 0 Å². The lowest BCUT2D eigenvalue weighted by atomic mass is 9.97. The van der Waals surface area contributed by atoms with E-state index < -0.39 is 0 Å². The summed E-state index contributed by atoms with van der Waals surface area (Å²) >= 11 is 0. The topological polar surface area (TPSA) is 113 Å². The first-order valence-electron chi connectivity index (χ1n) is 7.78. The molecular weight excluding hydrogens is 312 g/mol. The third kappa shape index (κ3) is 2.73. The van der Waals surface area contributed by atoms with Crippen molar-refractivity contribution in [3.05, 3.63) is 30.4 Å². The van der Waals surface area contributed by atoms with E-state index in [2.05, 4.69) is 26.0 Å². The van der Waals surface area contributed by atoms with Crippen LogP contribution in [-0.4, -0.2) is 51.0 Å². The Morgan fingerprint density at radius 2 is 2.08 bits per heavy atom. The molecule has 2 aromatic heterocycles. The number of rotatable bonds is 3. The van der Waals surface area contributed by atoms with Gasteiger partial charge >= 0.3 is 0 Å². The monoisotopic (exact) mass is 328 g/mol. The first-order valence-corrected chi connectivity index (χ1v) is 7.78. The summed E-state index contributed by atoms with van der Waals surface area (Å²) in [6.07, 6.45) is 4.22. The van der Waals surface area contributed by atoms with Gasteiger partial charge in [-0.2, -0.15) is 4.98 Å². The second-order valence-electron chi connectivity index (χ2n) is 5.92. The van der Waals surface area contributed by atoms with Crippen LogP contribution >= 0.6 is 0 Å². The fourth-order valence-electron chi connectivity index (χ4n) is 2.82. The molecule has 0 bridgehead atoms. The van der Waals surface area contributed by atoms with Gasteiger partial charge in [0.25, 0.3) is 0 Å². The largest absolute Gasteiger partial charge is 0.340 e. The maximum atomic E-state index is 12.3. The van der Waals surface area contributed by atoms with E-state index in [0.717, 1.165) is 5.56 Å². The minimum absolute atomic E-state index is 0.0138. The summed E-state index contributed by atoms with van der Waals surface area (Å²) in [7, 11) is 0. The van der Waals surface area contributed by atoms with Crippen LogP contribution < -0.4 is 10.9 Å². The van der Waals surface area contributed by atoms with Gasteiger partial charge in [-0.05, 0) is 18.6 Å². The van der Waals surface area contributed by atoms with Crippen LogP contribution in [0.5, 0.6) is 0 Å². The number of amides is 2. The van der Waals surface area contributed by atoms with Gasteiger partial charge in [0, 0.05) is 37.5 Å². The normalized spacial score (nSPS) is 21.2. The number of pyridine rings is 1. The number of carbonyl (C=O) groups excluding carboxylic acids is 2. The van der Waals surface area contributed by atoms with Crippen molar-refractivity contribution in [1.82, 2.24) is 30.9 Å². The number of hydrogen-bond donors (Lipinski definition) is 2. The molecule has 24 heavy (non-hydrogen) atoms. The Hall–Kier alpha value is -2.81. The Kier molecular flexibility index (Phi) is 3.69. The first-order chi connectivity index (χ1) is 11.7. The van der Waals surface area contributed by atoms with Gasteiger partial charge in [0.15, 0.2) is 0 Å². The van der Waals surface area contributed by atoms with Gasteiger partial charge in [-0.15, -0.1) is 0 Å². The zero-order valence-corrected chi connectivity index (χ0v) is 12.8. The minimum Gasteiger partial charge on any atom is -0.340 e. The van der Waals surface area contributed by atoms with Gasteiger partial charge in [-0.25, -0.2) is 5.43 Å². The third-order valence-electron chi connectivity index (χ3n) is 4.27.